The van der Waals surface area contributed by atoms with Crippen LogP contribution >= 0.6 is 11.6 Å². The lowest BCUT2D eigenvalue weighted by Crippen LogP contribution is -2.40. The molecule has 1 N–H and O–H groups in total. The van der Waals surface area contributed by atoms with Crippen LogP contribution in [0.3, 0.4) is 0 Å². The number of rotatable bonds is 4. The number of nitrogens with one attached hydrogen (secondary N) is 1. The normalized spacial score (nSPS) is 14.9. The van der Waals surface area contributed by atoms with E-state index in [-0.39, 0.29) is 11.3 Å². The molecule has 29 heavy (non-hydrogen) atoms. The summed E-state index contributed by atoms with van der Waals surface area (Å²) in [5.41, 5.74) is 3.29. The molecule has 1 aliphatic heterocycles. The summed E-state index contributed by atoms with van der Waals surface area (Å²) in [4.78, 5) is 20.0. The van der Waals surface area contributed by atoms with Crippen molar-refractivity contribution in [2.24, 2.45) is 7.05 Å². The molecule has 1 aliphatic rings. The lowest BCUT2D eigenvalue weighted by atomic mass is 10.1. The number of fused-ring (bicyclic) bond motifs is 1. The SMILES string of the molecule is Cn1c(C2=C(NC(C)(C)C)N(Cc3ccccc3Cl)CC2=O)nc2ccccc21. The number of Topliss-reactive ketones (excluding diaryl/α,β-unsaturated/α-hetero) is 1. The first-order chi connectivity index (χ1) is 13.7. The number of ketones is 1. The third-order valence-corrected chi connectivity index (χ3v) is 5.36. The van der Waals surface area contributed by atoms with Crippen LogP contribution < -0.4 is 5.32 Å². The van der Waals surface area contributed by atoms with Gasteiger partial charge < -0.3 is 14.8 Å². The molecular weight excluding hydrogens is 384 g/mol. The van der Waals surface area contributed by atoms with Crippen LogP contribution in [0.4, 0.5) is 0 Å². The molecule has 0 bridgehead atoms. The van der Waals surface area contributed by atoms with Crippen LogP contribution in [0.15, 0.2) is 54.4 Å². The van der Waals surface area contributed by atoms with Crippen LogP contribution in [0, 0.1) is 0 Å². The molecule has 2 heterocycles. The highest BCUT2D eigenvalue weighted by Gasteiger charge is 2.35. The number of carbonyl (C=O) groups is 1. The number of hydrogen-bond donors (Lipinski definition) is 1. The van der Waals surface area contributed by atoms with E-state index in [9.17, 15) is 4.79 Å². The van der Waals surface area contributed by atoms with E-state index in [2.05, 4.69) is 31.0 Å². The molecule has 150 valence electrons. The van der Waals surface area contributed by atoms with Gasteiger partial charge in [0.05, 0.1) is 17.6 Å². The van der Waals surface area contributed by atoms with E-state index in [1.54, 1.807) is 0 Å². The zero-order valence-corrected chi connectivity index (χ0v) is 17.9. The number of para-hydroxylation sites is 2. The van der Waals surface area contributed by atoms with Crippen LogP contribution in [0.1, 0.15) is 32.2 Å². The minimum absolute atomic E-state index is 0.0576. The molecule has 2 aromatic carbocycles. The summed E-state index contributed by atoms with van der Waals surface area (Å²) in [5, 5.41) is 4.25. The van der Waals surface area contributed by atoms with Crippen molar-refractivity contribution in [3.05, 3.63) is 70.8 Å². The fourth-order valence-electron chi connectivity index (χ4n) is 3.69. The highest BCUT2D eigenvalue weighted by Crippen LogP contribution is 2.32. The van der Waals surface area contributed by atoms with E-state index in [4.69, 9.17) is 16.6 Å². The molecule has 6 heteroatoms. The number of nitrogens with zero attached hydrogens (tertiary/aromatic N) is 3. The van der Waals surface area contributed by atoms with Crippen molar-refractivity contribution in [2.45, 2.75) is 32.9 Å². The first-order valence-electron chi connectivity index (χ1n) is 9.70. The van der Waals surface area contributed by atoms with Gasteiger partial charge in [-0.1, -0.05) is 41.9 Å². The van der Waals surface area contributed by atoms with Crippen molar-refractivity contribution in [1.29, 1.82) is 0 Å². The minimum Gasteiger partial charge on any atom is -0.366 e. The molecule has 1 aromatic heterocycles. The summed E-state index contributed by atoms with van der Waals surface area (Å²) >= 11 is 6.39. The van der Waals surface area contributed by atoms with Crippen LogP contribution in [-0.2, 0) is 18.4 Å². The summed E-state index contributed by atoms with van der Waals surface area (Å²) in [6.07, 6.45) is 0. The van der Waals surface area contributed by atoms with Gasteiger partial charge >= 0.3 is 0 Å². The zero-order chi connectivity index (χ0) is 20.8. The van der Waals surface area contributed by atoms with Gasteiger partial charge in [0.15, 0.2) is 5.78 Å². The molecule has 0 radical (unpaired) electrons. The zero-order valence-electron chi connectivity index (χ0n) is 17.2. The smallest absolute Gasteiger partial charge is 0.189 e. The predicted molar refractivity (Wildman–Crippen MR) is 117 cm³/mol. The van der Waals surface area contributed by atoms with Gasteiger partial charge in [0.25, 0.3) is 0 Å². The largest absolute Gasteiger partial charge is 0.366 e. The van der Waals surface area contributed by atoms with Crippen LogP contribution in [0.5, 0.6) is 0 Å². The summed E-state index contributed by atoms with van der Waals surface area (Å²) in [6.45, 7) is 7.11. The Bertz CT molecular complexity index is 1120. The van der Waals surface area contributed by atoms with Gasteiger partial charge in [0.2, 0.25) is 0 Å². The second-order valence-corrected chi connectivity index (χ2v) is 8.86. The average molecular weight is 409 g/mol. The fourth-order valence-corrected chi connectivity index (χ4v) is 3.88. The van der Waals surface area contributed by atoms with E-state index in [1.165, 1.54) is 0 Å². The monoisotopic (exact) mass is 408 g/mol. The number of halogens is 1. The van der Waals surface area contributed by atoms with Crippen molar-refractivity contribution in [3.8, 4) is 0 Å². The Hall–Kier alpha value is -2.79. The third-order valence-electron chi connectivity index (χ3n) is 4.99. The van der Waals surface area contributed by atoms with Gasteiger partial charge in [-0.2, -0.15) is 0 Å². The Labute approximate surface area is 176 Å². The molecule has 5 nitrogen and oxygen atoms in total. The minimum atomic E-state index is -0.214. The van der Waals surface area contributed by atoms with Crippen LogP contribution in [-0.4, -0.2) is 32.3 Å². The molecule has 0 atom stereocenters. The summed E-state index contributed by atoms with van der Waals surface area (Å²) in [7, 11) is 1.95. The molecule has 0 unspecified atom stereocenters. The molecule has 3 aromatic rings. The molecule has 0 saturated heterocycles. The van der Waals surface area contributed by atoms with Gasteiger partial charge in [0, 0.05) is 24.2 Å². The number of aryl methyl sites for hydroxylation is 1. The molecule has 0 fully saturated rings. The first kappa shape index (κ1) is 19.5. The topological polar surface area (TPSA) is 50.2 Å². The second-order valence-electron chi connectivity index (χ2n) is 8.45. The van der Waals surface area contributed by atoms with E-state index >= 15 is 0 Å². The van der Waals surface area contributed by atoms with E-state index in [0.717, 1.165) is 22.4 Å². The number of carbonyl (C=O) groups excluding carboxylic acids is 1. The molecule has 0 saturated carbocycles. The van der Waals surface area contributed by atoms with Gasteiger partial charge in [-0.15, -0.1) is 0 Å². The van der Waals surface area contributed by atoms with E-state index < -0.39 is 0 Å². The lowest BCUT2D eigenvalue weighted by Gasteiger charge is -2.30. The quantitative estimate of drug-likeness (QED) is 0.696. The van der Waals surface area contributed by atoms with E-state index in [1.807, 2.05) is 60.1 Å². The van der Waals surface area contributed by atoms with Crippen LogP contribution in [0.2, 0.25) is 5.02 Å². The second kappa shape index (κ2) is 7.23. The van der Waals surface area contributed by atoms with Gasteiger partial charge in [-0.3, -0.25) is 4.79 Å². The maximum absolute atomic E-state index is 13.2. The number of hydrogen-bond acceptors (Lipinski definition) is 4. The molecule has 4 rings (SSSR count). The van der Waals surface area contributed by atoms with E-state index in [0.29, 0.717) is 29.5 Å². The predicted octanol–water partition coefficient (Wildman–Crippen LogP) is 4.37. The summed E-state index contributed by atoms with van der Waals surface area (Å²) in [6, 6.07) is 15.7. The first-order valence-corrected chi connectivity index (χ1v) is 10.1. The number of imidazole rings is 1. The Balaban J connectivity index is 1.84. The Kier molecular flexibility index (Phi) is 4.87. The summed E-state index contributed by atoms with van der Waals surface area (Å²) < 4.78 is 1.99. The molecule has 0 amide bonds. The Morgan fingerprint density at radius 1 is 1.10 bits per heavy atom. The van der Waals surface area contributed by atoms with Crippen molar-refractivity contribution >= 4 is 34.0 Å². The number of benzene rings is 2. The van der Waals surface area contributed by atoms with Crippen molar-refractivity contribution < 1.29 is 4.79 Å². The molecular formula is C23H25ClN4O. The van der Waals surface area contributed by atoms with Gasteiger partial charge in [0.1, 0.15) is 17.2 Å². The Morgan fingerprint density at radius 3 is 2.48 bits per heavy atom. The third kappa shape index (κ3) is 3.75. The number of aromatic nitrogens is 2. The highest BCUT2D eigenvalue weighted by atomic mass is 35.5. The van der Waals surface area contributed by atoms with Crippen molar-refractivity contribution in [3.63, 3.8) is 0 Å². The average Bonchev–Trinajstić information content (AvgIpc) is 3.13. The van der Waals surface area contributed by atoms with Gasteiger partial charge in [-0.05, 0) is 44.5 Å². The Morgan fingerprint density at radius 2 is 1.79 bits per heavy atom. The maximum Gasteiger partial charge on any atom is 0.189 e. The fraction of sp³-hybridized carbons (Fsp3) is 0.304. The maximum atomic E-state index is 13.2. The molecule has 0 aliphatic carbocycles. The highest BCUT2D eigenvalue weighted by molar-refractivity contribution is 6.31. The lowest BCUT2D eigenvalue weighted by molar-refractivity contribution is -0.113. The van der Waals surface area contributed by atoms with Crippen molar-refractivity contribution in [1.82, 2.24) is 19.8 Å². The van der Waals surface area contributed by atoms with Crippen LogP contribution in [0.25, 0.3) is 16.6 Å². The summed E-state index contributed by atoms with van der Waals surface area (Å²) in [5.74, 6) is 1.55. The standard InChI is InChI=1S/C23H25ClN4O/c1-23(2,3)26-22-20(21-25-17-11-7-8-12-18(17)27(21)4)19(29)14-28(22)13-15-9-5-6-10-16(15)24/h5-12,26H,13-14H2,1-4H3. The molecule has 0 spiro atoms. The van der Waals surface area contributed by atoms with Gasteiger partial charge in [-0.25, -0.2) is 4.98 Å². The van der Waals surface area contributed by atoms with Crippen molar-refractivity contribution in [2.75, 3.05) is 6.54 Å².